The van der Waals surface area contributed by atoms with Gasteiger partial charge >= 0.3 is 0 Å². The lowest BCUT2D eigenvalue weighted by atomic mass is 9.96. The van der Waals surface area contributed by atoms with Crippen LogP contribution in [0, 0.1) is 12.8 Å². The number of nitrogens with one attached hydrogen (secondary N) is 2. The fraction of sp³-hybridized carbons (Fsp3) is 0.458. The molecule has 7 nitrogen and oxygen atoms in total. The second-order valence-electron chi connectivity index (χ2n) is 8.33. The topological polar surface area (TPSA) is 69.8 Å². The standard InChI is InChI=1S/C24H33N7/c1-3-25-24(27-17-23-29-28-22-6-4-5-13-31(22)23)26-16-20-11-14-30(15-12-20)18-21-9-7-19(2)8-10-21/h4-10,13,20H,3,11-12,14-18H2,1-2H3,(H2,25,26,27). The summed E-state index contributed by atoms with van der Waals surface area (Å²) < 4.78 is 1.98. The quantitative estimate of drug-likeness (QED) is 0.455. The smallest absolute Gasteiger partial charge is 0.191 e. The molecule has 0 saturated carbocycles. The lowest BCUT2D eigenvalue weighted by molar-refractivity contribution is 0.178. The van der Waals surface area contributed by atoms with Gasteiger partial charge in [0.05, 0.1) is 0 Å². The van der Waals surface area contributed by atoms with Crippen LogP contribution in [0.1, 0.15) is 36.7 Å². The Balaban J connectivity index is 1.26. The molecule has 1 aliphatic heterocycles. The highest BCUT2D eigenvalue weighted by molar-refractivity contribution is 5.79. The Labute approximate surface area is 184 Å². The van der Waals surface area contributed by atoms with Crippen molar-refractivity contribution in [2.24, 2.45) is 10.9 Å². The average Bonchev–Trinajstić information content (AvgIpc) is 3.21. The maximum atomic E-state index is 4.73. The lowest BCUT2D eigenvalue weighted by Gasteiger charge is -2.32. The normalized spacial score (nSPS) is 16.0. The van der Waals surface area contributed by atoms with Gasteiger partial charge in [-0.15, -0.1) is 10.2 Å². The Morgan fingerprint density at radius 1 is 1.06 bits per heavy atom. The molecule has 0 amide bonds. The first-order valence-corrected chi connectivity index (χ1v) is 11.3. The molecule has 0 radical (unpaired) electrons. The molecule has 3 heterocycles. The Bertz CT molecular complexity index is 985. The Kier molecular flexibility index (Phi) is 7.14. The molecule has 0 spiro atoms. The fourth-order valence-electron chi connectivity index (χ4n) is 4.03. The molecule has 1 saturated heterocycles. The van der Waals surface area contributed by atoms with Crippen molar-refractivity contribution in [2.75, 3.05) is 26.2 Å². The lowest BCUT2D eigenvalue weighted by Crippen LogP contribution is -2.42. The van der Waals surface area contributed by atoms with E-state index < -0.39 is 0 Å². The molecule has 0 unspecified atom stereocenters. The van der Waals surface area contributed by atoms with Gasteiger partial charge in [-0.05, 0) is 63.4 Å². The van der Waals surface area contributed by atoms with Gasteiger partial charge in [0.15, 0.2) is 17.4 Å². The van der Waals surface area contributed by atoms with Gasteiger partial charge in [0.1, 0.15) is 6.54 Å². The molecule has 0 aliphatic carbocycles. The minimum absolute atomic E-state index is 0.496. The van der Waals surface area contributed by atoms with Crippen LogP contribution in [0.4, 0.5) is 0 Å². The number of aliphatic imine (C=N–C) groups is 1. The zero-order chi connectivity index (χ0) is 21.5. The molecule has 31 heavy (non-hydrogen) atoms. The van der Waals surface area contributed by atoms with E-state index in [0.29, 0.717) is 12.5 Å². The Morgan fingerprint density at radius 2 is 1.87 bits per heavy atom. The summed E-state index contributed by atoms with van der Waals surface area (Å²) in [6.07, 6.45) is 4.41. The highest BCUT2D eigenvalue weighted by atomic mass is 15.3. The van der Waals surface area contributed by atoms with E-state index in [9.17, 15) is 0 Å². The van der Waals surface area contributed by atoms with Crippen molar-refractivity contribution in [1.29, 1.82) is 0 Å². The van der Waals surface area contributed by atoms with E-state index in [0.717, 1.165) is 50.2 Å². The van der Waals surface area contributed by atoms with Gasteiger partial charge in [0.2, 0.25) is 0 Å². The second kappa shape index (κ2) is 10.4. The van der Waals surface area contributed by atoms with E-state index in [-0.39, 0.29) is 0 Å². The van der Waals surface area contributed by atoms with E-state index in [1.165, 1.54) is 24.0 Å². The van der Waals surface area contributed by atoms with Crippen LogP contribution in [0.2, 0.25) is 0 Å². The van der Waals surface area contributed by atoms with E-state index in [4.69, 9.17) is 4.99 Å². The molecule has 164 valence electrons. The number of aryl methyl sites for hydroxylation is 1. The van der Waals surface area contributed by atoms with E-state index in [1.807, 2.05) is 28.8 Å². The largest absolute Gasteiger partial charge is 0.357 e. The van der Waals surface area contributed by atoms with Crippen LogP contribution < -0.4 is 10.6 Å². The van der Waals surface area contributed by atoms with Crippen molar-refractivity contribution in [3.8, 4) is 0 Å². The number of pyridine rings is 1. The van der Waals surface area contributed by atoms with Gasteiger partial charge in [-0.2, -0.15) is 0 Å². The number of piperidine rings is 1. The van der Waals surface area contributed by atoms with Gasteiger partial charge < -0.3 is 10.6 Å². The number of hydrogen-bond acceptors (Lipinski definition) is 4. The molecular weight excluding hydrogens is 386 g/mol. The number of likely N-dealkylation sites (tertiary alicyclic amines) is 1. The molecule has 0 atom stereocenters. The molecule has 2 N–H and O–H groups in total. The second-order valence-corrected chi connectivity index (χ2v) is 8.33. The molecule has 2 aromatic heterocycles. The third-order valence-electron chi connectivity index (χ3n) is 5.90. The predicted molar refractivity (Wildman–Crippen MR) is 125 cm³/mol. The molecular formula is C24H33N7. The van der Waals surface area contributed by atoms with Crippen molar-refractivity contribution in [3.05, 3.63) is 65.6 Å². The Morgan fingerprint density at radius 3 is 2.65 bits per heavy atom. The third-order valence-corrected chi connectivity index (χ3v) is 5.90. The molecule has 0 bridgehead atoms. The summed E-state index contributed by atoms with van der Waals surface area (Å²) >= 11 is 0. The Hall–Kier alpha value is -2.93. The number of fused-ring (bicyclic) bond motifs is 1. The van der Waals surface area contributed by atoms with E-state index in [2.05, 4.69) is 63.8 Å². The van der Waals surface area contributed by atoms with Gasteiger partial charge in [-0.3, -0.25) is 9.30 Å². The van der Waals surface area contributed by atoms with Crippen LogP contribution in [-0.4, -0.2) is 51.6 Å². The zero-order valence-corrected chi connectivity index (χ0v) is 18.6. The highest BCUT2D eigenvalue weighted by Crippen LogP contribution is 2.18. The van der Waals surface area contributed by atoms with Crippen molar-refractivity contribution < 1.29 is 0 Å². The van der Waals surface area contributed by atoms with Crippen LogP contribution in [0.5, 0.6) is 0 Å². The summed E-state index contributed by atoms with van der Waals surface area (Å²) in [4.78, 5) is 7.30. The van der Waals surface area contributed by atoms with E-state index >= 15 is 0 Å². The van der Waals surface area contributed by atoms with Crippen LogP contribution in [0.15, 0.2) is 53.7 Å². The summed E-state index contributed by atoms with van der Waals surface area (Å²) in [5.41, 5.74) is 3.58. The first-order chi connectivity index (χ1) is 15.2. The molecule has 4 rings (SSSR count). The van der Waals surface area contributed by atoms with Crippen molar-refractivity contribution in [3.63, 3.8) is 0 Å². The third kappa shape index (κ3) is 5.82. The van der Waals surface area contributed by atoms with Crippen molar-refractivity contribution in [1.82, 2.24) is 30.1 Å². The fourth-order valence-corrected chi connectivity index (χ4v) is 4.03. The van der Waals surface area contributed by atoms with Crippen molar-refractivity contribution >= 4 is 11.6 Å². The number of rotatable bonds is 7. The van der Waals surface area contributed by atoms with Gasteiger partial charge in [-0.1, -0.05) is 35.9 Å². The minimum atomic E-state index is 0.496. The molecule has 3 aromatic rings. The summed E-state index contributed by atoms with van der Waals surface area (Å²) in [6, 6.07) is 14.8. The summed E-state index contributed by atoms with van der Waals surface area (Å²) in [6.45, 7) is 9.87. The SMILES string of the molecule is CCNC(=NCc1nnc2ccccn12)NCC1CCN(Cc2ccc(C)cc2)CC1. The first kappa shape index (κ1) is 21.3. The van der Waals surface area contributed by atoms with E-state index in [1.54, 1.807) is 0 Å². The predicted octanol–water partition coefficient (Wildman–Crippen LogP) is 3.01. The van der Waals surface area contributed by atoms with Crippen molar-refractivity contribution in [2.45, 2.75) is 39.8 Å². The monoisotopic (exact) mass is 419 g/mol. The number of nitrogens with zero attached hydrogens (tertiary/aromatic N) is 5. The average molecular weight is 420 g/mol. The maximum absolute atomic E-state index is 4.73. The number of hydrogen-bond donors (Lipinski definition) is 2. The first-order valence-electron chi connectivity index (χ1n) is 11.3. The van der Waals surface area contributed by atoms with Gasteiger partial charge in [0, 0.05) is 25.8 Å². The molecule has 1 aromatic carbocycles. The minimum Gasteiger partial charge on any atom is -0.357 e. The maximum Gasteiger partial charge on any atom is 0.191 e. The zero-order valence-electron chi connectivity index (χ0n) is 18.6. The molecule has 1 fully saturated rings. The van der Waals surface area contributed by atoms with Gasteiger partial charge in [-0.25, -0.2) is 4.99 Å². The summed E-state index contributed by atoms with van der Waals surface area (Å²) in [5.74, 6) is 2.36. The van der Waals surface area contributed by atoms with Crippen LogP contribution in [0.3, 0.4) is 0 Å². The van der Waals surface area contributed by atoms with Gasteiger partial charge in [0.25, 0.3) is 0 Å². The number of guanidine groups is 1. The summed E-state index contributed by atoms with van der Waals surface area (Å²) in [5, 5.41) is 15.4. The molecule has 1 aliphatic rings. The van der Waals surface area contributed by atoms with Crippen LogP contribution in [-0.2, 0) is 13.1 Å². The number of benzene rings is 1. The van der Waals surface area contributed by atoms with Crippen LogP contribution in [0.25, 0.3) is 5.65 Å². The number of aromatic nitrogens is 3. The molecule has 7 heteroatoms. The van der Waals surface area contributed by atoms with Crippen LogP contribution >= 0.6 is 0 Å². The summed E-state index contributed by atoms with van der Waals surface area (Å²) in [7, 11) is 0. The highest BCUT2D eigenvalue weighted by Gasteiger charge is 2.19.